The Morgan fingerprint density at radius 2 is 2.00 bits per heavy atom. The van der Waals surface area contributed by atoms with Gasteiger partial charge in [0, 0.05) is 11.6 Å². The standard InChI is InChI=1S/C17H14N2/c1-11-5-6-16-15(9-11)14-4-2-3-13-12(10-18)7-8-19(16)17(13)14/h5-9H,2-4H2,1H3. The molecule has 0 radical (unpaired) electrons. The molecule has 19 heavy (non-hydrogen) atoms. The summed E-state index contributed by atoms with van der Waals surface area (Å²) in [7, 11) is 0. The Kier molecular flexibility index (Phi) is 2.02. The van der Waals surface area contributed by atoms with Gasteiger partial charge in [-0.15, -0.1) is 0 Å². The van der Waals surface area contributed by atoms with Crippen molar-refractivity contribution in [3.8, 4) is 6.07 Å². The fraction of sp³-hybridized carbons (Fsp3) is 0.235. The van der Waals surface area contributed by atoms with Gasteiger partial charge in [0.15, 0.2) is 0 Å². The third kappa shape index (κ3) is 1.30. The lowest BCUT2D eigenvalue weighted by molar-refractivity contribution is 0.803. The number of hydrogen-bond donors (Lipinski definition) is 0. The highest BCUT2D eigenvalue weighted by atomic mass is 14.9. The molecule has 0 amide bonds. The number of nitrogens with zero attached hydrogens (tertiary/aromatic N) is 2. The molecule has 0 saturated carbocycles. The van der Waals surface area contributed by atoms with Crippen molar-refractivity contribution in [1.82, 2.24) is 4.40 Å². The summed E-state index contributed by atoms with van der Waals surface area (Å²) in [6, 6.07) is 10.9. The topological polar surface area (TPSA) is 28.2 Å². The van der Waals surface area contributed by atoms with Crippen molar-refractivity contribution in [3.63, 3.8) is 0 Å². The molecule has 3 aromatic rings. The minimum absolute atomic E-state index is 0.841. The minimum atomic E-state index is 0.841. The van der Waals surface area contributed by atoms with Gasteiger partial charge in [-0.05, 0) is 55.5 Å². The molecular formula is C17H14N2. The maximum Gasteiger partial charge on any atom is 0.0995 e. The van der Waals surface area contributed by atoms with Crippen molar-refractivity contribution >= 4 is 16.4 Å². The molecule has 0 aliphatic heterocycles. The van der Waals surface area contributed by atoms with Gasteiger partial charge in [0.25, 0.3) is 0 Å². The smallest absolute Gasteiger partial charge is 0.0995 e. The monoisotopic (exact) mass is 246 g/mol. The number of fused-ring (bicyclic) bond motifs is 3. The van der Waals surface area contributed by atoms with Gasteiger partial charge in [-0.1, -0.05) is 11.6 Å². The Morgan fingerprint density at radius 1 is 1.16 bits per heavy atom. The van der Waals surface area contributed by atoms with Gasteiger partial charge >= 0.3 is 0 Å². The second-order valence-electron chi connectivity index (χ2n) is 5.39. The number of aromatic nitrogens is 1. The molecule has 1 aromatic carbocycles. The third-order valence-corrected chi connectivity index (χ3v) is 4.24. The first kappa shape index (κ1) is 10.6. The Morgan fingerprint density at radius 3 is 2.84 bits per heavy atom. The highest BCUT2D eigenvalue weighted by Gasteiger charge is 2.20. The van der Waals surface area contributed by atoms with E-state index in [0.717, 1.165) is 24.8 Å². The molecule has 0 N–H and O–H groups in total. The molecule has 0 bridgehead atoms. The van der Waals surface area contributed by atoms with Crippen LogP contribution in [0.15, 0.2) is 30.5 Å². The van der Waals surface area contributed by atoms with Crippen LogP contribution in [-0.2, 0) is 12.8 Å². The van der Waals surface area contributed by atoms with Crippen molar-refractivity contribution in [3.05, 3.63) is 52.7 Å². The molecule has 2 heterocycles. The first-order chi connectivity index (χ1) is 9.29. The summed E-state index contributed by atoms with van der Waals surface area (Å²) in [5, 5.41) is 10.6. The van der Waals surface area contributed by atoms with Crippen LogP contribution in [0.2, 0.25) is 0 Å². The zero-order valence-corrected chi connectivity index (χ0v) is 10.9. The Hall–Kier alpha value is -2.27. The largest absolute Gasteiger partial charge is 0.316 e. The molecule has 4 rings (SSSR count). The molecular weight excluding hydrogens is 232 g/mol. The molecule has 0 saturated heterocycles. The molecule has 2 heteroatoms. The molecule has 0 fully saturated rings. The van der Waals surface area contributed by atoms with E-state index < -0.39 is 0 Å². The van der Waals surface area contributed by atoms with E-state index >= 15 is 0 Å². The lowest BCUT2D eigenvalue weighted by Gasteiger charge is -2.14. The van der Waals surface area contributed by atoms with Crippen LogP contribution in [0.3, 0.4) is 0 Å². The fourth-order valence-corrected chi connectivity index (χ4v) is 3.41. The summed E-state index contributed by atoms with van der Waals surface area (Å²) >= 11 is 0. The quantitative estimate of drug-likeness (QED) is 0.593. The number of nitriles is 1. The lowest BCUT2D eigenvalue weighted by atomic mass is 9.92. The van der Waals surface area contributed by atoms with Crippen molar-refractivity contribution in [2.45, 2.75) is 26.2 Å². The van der Waals surface area contributed by atoms with Crippen LogP contribution in [0.4, 0.5) is 0 Å². The van der Waals surface area contributed by atoms with Crippen molar-refractivity contribution < 1.29 is 0 Å². The normalized spacial score (nSPS) is 13.9. The molecule has 0 spiro atoms. The van der Waals surface area contributed by atoms with Crippen LogP contribution in [0.1, 0.15) is 28.7 Å². The summed E-state index contributed by atoms with van der Waals surface area (Å²) in [6.07, 6.45) is 5.34. The molecule has 0 unspecified atom stereocenters. The molecule has 1 aliphatic carbocycles. The first-order valence-electron chi connectivity index (χ1n) is 6.75. The molecule has 2 nitrogen and oxygen atoms in total. The zero-order chi connectivity index (χ0) is 13.0. The minimum Gasteiger partial charge on any atom is -0.316 e. The predicted molar refractivity (Wildman–Crippen MR) is 76.4 cm³/mol. The molecule has 1 aliphatic rings. The van der Waals surface area contributed by atoms with Gasteiger partial charge < -0.3 is 4.40 Å². The van der Waals surface area contributed by atoms with E-state index in [1.807, 2.05) is 12.3 Å². The van der Waals surface area contributed by atoms with Crippen LogP contribution in [0.5, 0.6) is 0 Å². The highest BCUT2D eigenvalue weighted by molar-refractivity contribution is 5.94. The summed E-state index contributed by atoms with van der Waals surface area (Å²) in [5.41, 5.74) is 7.35. The first-order valence-corrected chi connectivity index (χ1v) is 6.75. The van der Waals surface area contributed by atoms with Gasteiger partial charge in [0.05, 0.1) is 22.7 Å². The summed E-state index contributed by atoms with van der Waals surface area (Å²) in [4.78, 5) is 0. The predicted octanol–water partition coefficient (Wildman–Crippen LogP) is 3.76. The van der Waals surface area contributed by atoms with E-state index in [4.69, 9.17) is 0 Å². The van der Waals surface area contributed by atoms with Gasteiger partial charge in [0.2, 0.25) is 0 Å². The maximum atomic E-state index is 9.28. The second-order valence-corrected chi connectivity index (χ2v) is 5.39. The molecule has 92 valence electrons. The molecule has 0 atom stereocenters. The van der Waals surface area contributed by atoms with E-state index in [1.165, 1.54) is 33.1 Å². The Balaban J connectivity index is 2.29. The number of benzene rings is 1. The van der Waals surface area contributed by atoms with Crippen molar-refractivity contribution in [2.75, 3.05) is 0 Å². The highest BCUT2D eigenvalue weighted by Crippen LogP contribution is 2.35. The van der Waals surface area contributed by atoms with E-state index in [1.54, 1.807) is 0 Å². The van der Waals surface area contributed by atoms with Crippen LogP contribution in [-0.4, -0.2) is 4.40 Å². The van der Waals surface area contributed by atoms with Crippen molar-refractivity contribution in [2.24, 2.45) is 0 Å². The van der Waals surface area contributed by atoms with Gasteiger partial charge in [-0.25, -0.2) is 0 Å². The van der Waals surface area contributed by atoms with Gasteiger partial charge in [-0.3, -0.25) is 0 Å². The SMILES string of the molecule is Cc1ccc2c(c1)c1c3c(c(C#N)ccn32)CCC1. The van der Waals surface area contributed by atoms with E-state index in [9.17, 15) is 5.26 Å². The van der Waals surface area contributed by atoms with Crippen LogP contribution >= 0.6 is 0 Å². The average molecular weight is 246 g/mol. The van der Waals surface area contributed by atoms with Crippen LogP contribution < -0.4 is 0 Å². The lowest BCUT2D eigenvalue weighted by Crippen LogP contribution is -2.03. The Bertz CT molecular complexity index is 862. The number of aryl methyl sites for hydroxylation is 3. The average Bonchev–Trinajstić information content (AvgIpc) is 2.75. The van der Waals surface area contributed by atoms with Gasteiger partial charge in [-0.2, -0.15) is 5.26 Å². The third-order valence-electron chi connectivity index (χ3n) is 4.24. The van der Waals surface area contributed by atoms with Crippen LogP contribution in [0.25, 0.3) is 16.4 Å². The summed E-state index contributed by atoms with van der Waals surface area (Å²) in [6.45, 7) is 2.14. The van der Waals surface area contributed by atoms with Crippen molar-refractivity contribution in [1.29, 1.82) is 5.26 Å². The van der Waals surface area contributed by atoms with Crippen LogP contribution in [0, 0.1) is 18.3 Å². The number of pyridine rings is 1. The van der Waals surface area contributed by atoms with E-state index in [-0.39, 0.29) is 0 Å². The maximum absolute atomic E-state index is 9.28. The second kappa shape index (κ2) is 3.61. The Labute approximate surface area is 111 Å². The zero-order valence-electron chi connectivity index (χ0n) is 10.9. The number of hydrogen-bond acceptors (Lipinski definition) is 1. The van der Waals surface area contributed by atoms with E-state index in [0.29, 0.717) is 0 Å². The molecule has 2 aromatic heterocycles. The summed E-state index contributed by atoms with van der Waals surface area (Å²) < 4.78 is 2.26. The van der Waals surface area contributed by atoms with E-state index in [2.05, 4.69) is 35.6 Å². The number of rotatable bonds is 0. The fourth-order valence-electron chi connectivity index (χ4n) is 3.41. The van der Waals surface area contributed by atoms with Gasteiger partial charge in [0.1, 0.15) is 0 Å². The summed E-state index contributed by atoms with van der Waals surface area (Å²) in [5.74, 6) is 0.